The van der Waals surface area contributed by atoms with Gasteiger partial charge in [-0.2, -0.15) is 0 Å². The van der Waals surface area contributed by atoms with E-state index in [4.69, 9.17) is 9.47 Å². The normalized spacial score (nSPS) is 42.1. The van der Waals surface area contributed by atoms with E-state index >= 15 is 8.78 Å². The second kappa shape index (κ2) is 12.1. The number of hydrogen-bond acceptors (Lipinski definition) is 3. The first-order chi connectivity index (χ1) is 16.6. The molecule has 4 aliphatic carbocycles. The van der Waals surface area contributed by atoms with Gasteiger partial charge in [0.15, 0.2) is 0 Å². The Balaban J connectivity index is 1.06. The van der Waals surface area contributed by atoms with Gasteiger partial charge in [0.1, 0.15) is 12.3 Å². The van der Waals surface area contributed by atoms with E-state index < -0.39 is 12.3 Å². The van der Waals surface area contributed by atoms with Crippen molar-refractivity contribution < 1.29 is 18.3 Å². The van der Waals surface area contributed by atoms with Gasteiger partial charge in [-0.15, -0.1) is 11.8 Å². The van der Waals surface area contributed by atoms with Gasteiger partial charge in [-0.05, 0) is 87.9 Å². The van der Waals surface area contributed by atoms with Gasteiger partial charge < -0.3 is 9.47 Å². The summed E-state index contributed by atoms with van der Waals surface area (Å²) in [5.74, 6) is 4.02. The zero-order valence-corrected chi connectivity index (χ0v) is 22.1. The van der Waals surface area contributed by atoms with Crippen molar-refractivity contribution in [2.45, 2.75) is 138 Å². The molecule has 5 rings (SSSR count). The molecule has 1 radical (unpaired) electrons. The lowest BCUT2D eigenvalue weighted by atomic mass is 9.71. The molecule has 1 heterocycles. The number of rotatable bonds is 9. The van der Waals surface area contributed by atoms with Gasteiger partial charge in [-0.1, -0.05) is 39.0 Å². The topological polar surface area (TPSA) is 18.5 Å². The van der Waals surface area contributed by atoms with Gasteiger partial charge in [-0.25, -0.2) is 8.78 Å². The fourth-order valence-electron chi connectivity index (χ4n) is 7.84. The van der Waals surface area contributed by atoms with E-state index in [-0.39, 0.29) is 22.7 Å². The number of fused-ring (bicyclic) bond motifs is 3. The number of alkyl halides is 2. The molecule has 0 aromatic rings. The first kappa shape index (κ1) is 25.8. The second-order valence-corrected chi connectivity index (χ2v) is 13.5. The van der Waals surface area contributed by atoms with Crippen molar-refractivity contribution in [1.29, 1.82) is 0 Å². The molecule has 5 heteroatoms. The molecule has 0 bridgehead atoms. The zero-order chi connectivity index (χ0) is 23.5. The fourth-order valence-corrected chi connectivity index (χ4v) is 9.94. The molecule has 195 valence electrons. The number of hydrogen-bond donors (Lipinski definition) is 0. The predicted octanol–water partition coefficient (Wildman–Crippen LogP) is 7.88. The van der Waals surface area contributed by atoms with Gasteiger partial charge >= 0.3 is 0 Å². The lowest BCUT2D eigenvalue weighted by molar-refractivity contribution is -0.0541. The Morgan fingerprint density at radius 2 is 1.35 bits per heavy atom. The van der Waals surface area contributed by atoms with E-state index in [1.807, 2.05) is 0 Å². The molecule has 0 amide bonds. The molecule has 4 saturated carbocycles. The monoisotopic (exact) mass is 497 g/mol. The molecule has 2 nitrogen and oxygen atoms in total. The summed E-state index contributed by atoms with van der Waals surface area (Å²) < 4.78 is 43.1. The molecule has 0 aromatic carbocycles. The van der Waals surface area contributed by atoms with E-state index in [0.717, 1.165) is 50.4 Å². The number of unbranched alkanes of at least 4 members (excludes halogenated alkanes) is 1. The van der Waals surface area contributed by atoms with Crippen LogP contribution < -0.4 is 0 Å². The Labute approximate surface area is 211 Å². The maximum Gasteiger partial charge on any atom is 0.138 e. The Morgan fingerprint density at radius 1 is 0.765 bits per heavy atom. The molecule has 34 heavy (non-hydrogen) atoms. The summed E-state index contributed by atoms with van der Waals surface area (Å²) in [6, 6.07) is 0. The maximum atomic E-state index is 15.7. The van der Waals surface area contributed by atoms with E-state index in [2.05, 4.69) is 6.92 Å². The minimum Gasteiger partial charge on any atom is -0.375 e. The highest BCUT2D eigenvalue weighted by atomic mass is 32.2. The minimum atomic E-state index is -0.958. The molecule has 5 fully saturated rings. The van der Waals surface area contributed by atoms with Crippen LogP contribution in [-0.2, 0) is 9.47 Å². The average Bonchev–Trinajstić information content (AvgIpc) is 3.50. The van der Waals surface area contributed by atoms with Crippen molar-refractivity contribution in [2.24, 2.45) is 23.7 Å². The van der Waals surface area contributed by atoms with Crippen LogP contribution in [0, 0.1) is 29.6 Å². The lowest BCUT2D eigenvalue weighted by Gasteiger charge is -2.39. The van der Waals surface area contributed by atoms with Crippen molar-refractivity contribution in [2.75, 3.05) is 13.2 Å². The predicted molar refractivity (Wildman–Crippen MR) is 137 cm³/mol. The lowest BCUT2D eigenvalue weighted by Crippen LogP contribution is -2.45. The van der Waals surface area contributed by atoms with Gasteiger partial charge in [0.2, 0.25) is 0 Å². The molecular formula is C29H47F2O2S. The Hall–Kier alpha value is 0.130. The van der Waals surface area contributed by atoms with Crippen LogP contribution in [0.2, 0.25) is 0 Å². The van der Waals surface area contributed by atoms with Crippen molar-refractivity contribution >= 4 is 11.8 Å². The van der Waals surface area contributed by atoms with Crippen LogP contribution in [0.15, 0.2) is 0 Å². The van der Waals surface area contributed by atoms with Crippen LogP contribution in [-0.4, -0.2) is 48.3 Å². The summed E-state index contributed by atoms with van der Waals surface area (Å²) in [5, 5.41) is -0.176. The van der Waals surface area contributed by atoms with Gasteiger partial charge in [0.05, 0.1) is 18.8 Å². The van der Waals surface area contributed by atoms with Gasteiger partial charge in [0, 0.05) is 23.0 Å². The standard InChI is InChI=1S/C29H47F2O2S/c1-2-3-16-32-24-14-12-22-23-13-15-25(27(31)29(23)34-28(22)26(24)30)33-18-21-10-8-20(9-11-21)17-19-6-4-5-7-19/h19-20,22-29H,2-18H2,1H3. The van der Waals surface area contributed by atoms with Crippen LogP contribution in [0.3, 0.4) is 0 Å². The molecule has 8 atom stereocenters. The third-order valence-electron chi connectivity index (χ3n) is 9.90. The van der Waals surface area contributed by atoms with Crippen molar-refractivity contribution in [1.82, 2.24) is 0 Å². The third-order valence-corrected chi connectivity index (χ3v) is 11.7. The smallest absolute Gasteiger partial charge is 0.138 e. The van der Waals surface area contributed by atoms with E-state index in [0.29, 0.717) is 25.0 Å². The maximum absolute atomic E-state index is 15.7. The summed E-state index contributed by atoms with van der Waals surface area (Å²) in [7, 11) is 0. The molecule has 0 aromatic heterocycles. The van der Waals surface area contributed by atoms with Crippen LogP contribution in [0.1, 0.15) is 103 Å². The highest BCUT2D eigenvalue weighted by molar-refractivity contribution is 8.00. The number of ether oxygens (including phenoxy) is 2. The fraction of sp³-hybridized carbons (Fsp3) is 0.966. The Bertz CT molecular complexity index is 621. The van der Waals surface area contributed by atoms with Crippen LogP contribution in [0.5, 0.6) is 0 Å². The summed E-state index contributed by atoms with van der Waals surface area (Å²) in [5.41, 5.74) is 0. The summed E-state index contributed by atoms with van der Waals surface area (Å²) in [6.07, 6.45) is 15.3. The Kier molecular flexibility index (Phi) is 9.18. The summed E-state index contributed by atoms with van der Waals surface area (Å²) in [4.78, 5) is 0. The highest BCUT2D eigenvalue weighted by Crippen LogP contribution is 2.56. The van der Waals surface area contributed by atoms with Crippen molar-refractivity contribution in [3.63, 3.8) is 0 Å². The molecule has 8 unspecified atom stereocenters. The summed E-state index contributed by atoms with van der Waals surface area (Å²) >= 11 is 1.60. The third kappa shape index (κ3) is 5.82. The molecule has 0 spiro atoms. The van der Waals surface area contributed by atoms with Gasteiger partial charge in [-0.3, -0.25) is 0 Å². The molecule has 1 aliphatic heterocycles. The Morgan fingerprint density at radius 3 is 1.97 bits per heavy atom. The second-order valence-electron chi connectivity index (χ2n) is 12.1. The average molecular weight is 498 g/mol. The quantitative estimate of drug-likeness (QED) is 0.302. The van der Waals surface area contributed by atoms with Gasteiger partial charge in [0.25, 0.3) is 0 Å². The highest BCUT2D eigenvalue weighted by Gasteiger charge is 2.56. The summed E-state index contributed by atoms with van der Waals surface area (Å²) in [6.45, 7) is 3.43. The van der Waals surface area contributed by atoms with Crippen LogP contribution >= 0.6 is 11.8 Å². The number of thioether (sulfide) groups is 1. The molecule has 5 aliphatic rings. The minimum absolute atomic E-state index is 0.0862. The van der Waals surface area contributed by atoms with E-state index in [9.17, 15) is 0 Å². The first-order valence-corrected chi connectivity index (χ1v) is 15.6. The first-order valence-electron chi connectivity index (χ1n) is 14.6. The van der Waals surface area contributed by atoms with Crippen molar-refractivity contribution in [3.8, 4) is 0 Å². The molecule has 0 N–H and O–H groups in total. The van der Waals surface area contributed by atoms with Crippen LogP contribution in [0.25, 0.3) is 0 Å². The van der Waals surface area contributed by atoms with Crippen LogP contribution in [0.4, 0.5) is 8.78 Å². The molecular weight excluding hydrogens is 450 g/mol. The van der Waals surface area contributed by atoms with E-state index in [1.165, 1.54) is 63.7 Å². The largest absolute Gasteiger partial charge is 0.375 e. The molecule has 1 saturated heterocycles. The van der Waals surface area contributed by atoms with Crippen molar-refractivity contribution in [3.05, 3.63) is 5.92 Å². The SMILES string of the molecule is CCCCOC1CCC2C3CCC(OC[C]4CCC(CC5CCCC5)CC4)C(F)C3SC2C1F. The number of halogens is 2. The zero-order valence-electron chi connectivity index (χ0n) is 21.3. The van der Waals surface area contributed by atoms with E-state index in [1.54, 1.807) is 11.8 Å².